The molecule has 84 heavy (non-hydrogen) atoms. The van der Waals surface area contributed by atoms with E-state index < -0.39 is 49.5 Å². The quantitative estimate of drug-likeness (QED) is 0.0261. The van der Waals surface area contributed by atoms with Crippen LogP contribution in [0, 0.1) is 0 Å². The van der Waals surface area contributed by atoms with Gasteiger partial charge >= 0.3 is 0 Å². The fraction of sp³-hybridized carbons (Fsp3) is 0.693. The highest BCUT2D eigenvalue weighted by Gasteiger charge is 2.44. The summed E-state index contributed by atoms with van der Waals surface area (Å²) >= 11 is 0. The summed E-state index contributed by atoms with van der Waals surface area (Å²) in [4.78, 5) is 13.1. The number of allylic oxidation sites excluding steroid dienone is 22. The minimum absolute atomic E-state index is 0.153. The van der Waals surface area contributed by atoms with Crippen LogP contribution in [0.25, 0.3) is 0 Å². The number of hydrogen-bond donors (Lipinski definition) is 6. The van der Waals surface area contributed by atoms with Crippen LogP contribution < -0.4 is 5.32 Å². The number of amides is 1. The minimum Gasteiger partial charge on any atom is -0.394 e. The predicted octanol–water partition coefficient (Wildman–Crippen LogP) is 18.8. The molecule has 1 rings (SSSR count). The van der Waals surface area contributed by atoms with E-state index in [0.717, 1.165) is 128 Å². The van der Waals surface area contributed by atoms with Crippen molar-refractivity contribution in [2.24, 2.45) is 0 Å². The lowest BCUT2D eigenvalue weighted by atomic mass is 9.99. The number of unbranched alkanes of at least 4 members (excludes halogenated alkanes) is 26. The SMILES string of the molecule is CC/C=C\C/C=C\C/C=C\C/C=C\C/C=C\C/C=C\C/C=C\C/C=C\C/C=C\C/C=C\C/C=C\CCCCCCCC(=O)NC(COC1OC(CO)C(O)C(O)C1O)C(O)CCCCCCCCCCCCCCCCCCCCCCCC. The van der Waals surface area contributed by atoms with Crippen LogP contribution in [-0.2, 0) is 14.3 Å². The number of aliphatic hydroxyl groups excluding tert-OH is 5. The average Bonchev–Trinajstić information content (AvgIpc) is 3.70. The van der Waals surface area contributed by atoms with Gasteiger partial charge in [0.15, 0.2) is 6.29 Å². The monoisotopic (exact) mass is 1170 g/mol. The second-order valence-corrected chi connectivity index (χ2v) is 23.2. The maximum absolute atomic E-state index is 13.1. The summed E-state index contributed by atoms with van der Waals surface area (Å²) in [5.41, 5.74) is 0. The zero-order chi connectivity index (χ0) is 60.7. The summed E-state index contributed by atoms with van der Waals surface area (Å²) in [6.45, 7) is 3.73. The number of ether oxygens (including phenoxy) is 2. The van der Waals surface area contributed by atoms with Gasteiger partial charge in [-0.25, -0.2) is 0 Å². The number of carbonyl (C=O) groups excluding carboxylic acids is 1. The largest absolute Gasteiger partial charge is 0.394 e. The molecule has 1 heterocycles. The Hall–Kier alpha value is -3.67. The minimum atomic E-state index is -1.57. The fourth-order valence-corrected chi connectivity index (χ4v) is 10.2. The number of nitrogens with one attached hydrogen (secondary N) is 1. The lowest BCUT2D eigenvalue weighted by Crippen LogP contribution is -2.60. The van der Waals surface area contributed by atoms with Crippen LogP contribution in [-0.4, -0.2) is 87.5 Å². The Morgan fingerprint density at radius 3 is 1.10 bits per heavy atom. The number of rotatable bonds is 58. The van der Waals surface area contributed by atoms with Crippen molar-refractivity contribution in [3.8, 4) is 0 Å². The summed E-state index contributed by atoms with van der Waals surface area (Å²) in [5.74, 6) is -0.166. The lowest BCUT2D eigenvalue weighted by Gasteiger charge is -2.40. The van der Waals surface area contributed by atoms with E-state index in [9.17, 15) is 30.3 Å². The van der Waals surface area contributed by atoms with Crippen molar-refractivity contribution in [2.75, 3.05) is 13.2 Å². The topological polar surface area (TPSA) is 149 Å². The number of aliphatic hydroxyl groups is 5. The lowest BCUT2D eigenvalue weighted by molar-refractivity contribution is -0.302. The maximum Gasteiger partial charge on any atom is 0.220 e. The Bertz CT molecular complexity index is 1790. The molecule has 1 aliphatic heterocycles. The van der Waals surface area contributed by atoms with E-state index in [0.29, 0.717) is 12.8 Å². The molecule has 0 aromatic heterocycles. The van der Waals surface area contributed by atoms with Gasteiger partial charge in [0.1, 0.15) is 24.4 Å². The Balaban J connectivity index is 2.18. The highest BCUT2D eigenvalue weighted by Crippen LogP contribution is 2.23. The van der Waals surface area contributed by atoms with Crippen molar-refractivity contribution in [3.63, 3.8) is 0 Å². The van der Waals surface area contributed by atoms with Crippen LogP contribution in [0.5, 0.6) is 0 Å². The molecule has 1 saturated heterocycles. The first-order chi connectivity index (χ1) is 41.3. The molecule has 6 N–H and O–H groups in total. The third-order valence-electron chi connectivity index (χ3n) is 15.5. The van der Waals surface area contributed by atoms with E-state index in [1.54, 1.807) is 0 Å². The van der Waals surface area contributed by atoms with Gasteiger partial charge < -0.3 is 40.3 Å². The molecule has 0 radical (unpaired) electrons. The summed E-state index contributed by atoms with van der Waals surface area (Å²) in [6, 6.07) is -0.741. The van der Waals surface area contributed by atoms with Crippen LogP contribution in [0.1, 0.15) is 277 Å². The molecule has 0 bridgehead atoms. The van der Waals surface area contributed by atoms with Crippen LogP contribution in [0.2, 0.25) is 0 Å². The number of carbonyl (C=O) groups is 1. The van der Waals surface area contributed by atoms with Gasteiger partial charge in [-0.1, -0.05) is 308 Å². The molecular weight excluding hydrogens is 1040 g/mol. The second kappa shape index (κ2) is 62.4. The van der Waals surface area contributed by atoms with Gasteiger partial charge in [0.25, 0.3) is 0 Å². The first-order valence-electron chi connectivity index (χ1n) is 34.4. The van der Waals surface area contributed by atoms with E-state index in [2.05, 4.69) is 153 Å². The molecule has 0 aliphatic carbocycles. The molecule has 0 saturated carbocycles. The smallest absolute Gasteiger partial charge is 0.220 e. The van der Waals surface area contributed by atoms with Crippen molar-refractivity contribution in [2.45, 2.75) is 320 Å². The van der Waals surface area contributed by atoms with Crippen molar-refractivity contribution in [1.82, 2.24) is 5.32 Å². The molecule has 0 spiro atoms. The van der Waals surface area contributed by atoms with Gasteiger partial charge in [-0.15, -0.1) is 0 Å². The van der Waals surface area contributed by atoms with Gasteiger partial charge in [0.05, 0.1) is 25.4 Å². The van der Waals surface area contributed by atoms with Crippen LogP contribution in [0.4, 0.5) is 0 Å². The van der Waals surface area contributed by atoms with Crippen LogP contribution >= 0.6 is 0 Å². The zero-order valence-electron chi connectivity index (χ0n) is 53.6. The van der Waals surface area contributed by atoms with E-state index in [4.69, 9.17) is 9.47 Å². The molecule has 9 nitrogen and oxygen atoms in total. The molecule has 7 unspecified atom stereocenters. The van der Waals surface area contributed by atoms with E-state index in [1.165, 1.54) is 122 Å². The summed E-state index contributed by atoms with van der Waals surface area (Å²) in [7, 11) is 0. The van der Waals surface area contributed by atoms with E-state index >= 15 is 0 Å². The van der Waals surface area contributed by atoms with E-state index in [1.807, 2.05) is 0 Å². The maximum atomic E-state index is 13.1. The molecule has 0 aromatic carbocycles. The molecular formula is C75H127NO8. The Morgan fingerprint density at radius 1 is 0.417 bits per heavy atom. The molecule has 1 amide bonds. The van der Waals surface area contributed by atoms with Gasteiger partial charge in [-0.05, 0) is 96.3 Å². The molecule has 7 atom stereocenters. The first-order valence-corrected chi connectivity index (χ1v) is 34.4. The Labute approximate surface area is 515 Å². The third-order valence-corrected chi connectivity index (χ3v) is 15.5. The first kappa shape index (κ1) is 78.3. The summed E-state index contributed by atoms with van der Waals surface area (Å²) < 4.78 is 11.3. The standard InChI is InChI=1S/C75H127NO8/c1-3-5-7-9-11-13-15-17-19-21-23-25-27-28-29-30-31-32-33-34-35-36-37-38-39-40-41-42-43-45-47-49-51-53-55-57-59-61-63-65-71(79)76-68(67-83-75-74(82)73(81)72(80)70(66-77)84-75)69(78)64-62-60-58-56-54-52-50-48-46-44-26-24-22-20-18-16-14-12-10-8-6-4-2/h5,7,11,13,17,19,23,25,28-29,31-32,34-35,37-38,40-41,43,45,49,51,68-70,72-75,77-78,80-82H,3-4,6,8-10,12,14-16,18,20-22,24,26-27,30,33,36,39,42,44,46-48,50,52-67H2,1-2H3,(H,76,79)/b7-5-,13-11-,19-17-,25-23-,29-28-,32-31-,35-34-,38-37-,41-40-,45-43-,51-49-. The average molecular weight is 1170 g/mol. The normalized spacial score (nSPS) is 19.1. The highest BCUT2D eigenvalue weighted by molar-refractivity contribution is 5.76. The fourth-order valence-electron chi connectivity index (χ4n) is 10.2. The van der Waals surface area contributed by atoms with Crippen molar-refractivity contribution < 1.29 is 39.8 Å². The summed E-state index contributed by atoms with van der Waals surface area (Å²) in [6.07, 6.45) is 87.8. The van der Waals surface area contributed by atoms with Crippen LogP contribution in [0.15, 0.2) is 134 Å². The van der Waals surface area contributed by atoms with Crippen LogP contribution in [0.3, 0.4) is 0 Å². The molecule has 0 aromatic rings. The van der Waals surface area contributed by atoms with E-state index in [-0.39, 0.29) is 12.5 Å². The molecule has 1 aliphatic rings. The van der Waals surface area contributed by atoms with Crippen molar-refractivity contribution in [3.05, 3.63) is 134 Å². The summed E-state index contributed by atoms with van der Waals surface area (Å²) in [5, 5.41) is 54.9. The number of hydrogen-bond acceptors (Lipinski definition) is 8. The predicted molar refractivity (Wildman–Crippen MR) is 359 cm³/mol. The van der Waals surface area contributed by atoms with Gasteiger partial charge in [0, 0.05) is 6.42 Å². The van der Waals surface area contributed by atoms with Gasteiger partial charge in [-0.2, -0.15) is 0 Å². The van der Waals surface area contributed by atoms with Gasteiger partial charge in [-0.3, -0.25) is 4.79 Å². The Kier molecular flexibility index (Phi) is 58.2. The van der Waals surface area contributed by atoms with Crippen molar-refractivity contribution in [1.29, 1.82) is 0 Å². The zero-order valence-corrected chi connectivity index (χ0v) is 53.6. The van der Waals surface area contributed by atoms with Gasteiger partial charge in [0.2, 0.25) is 5.91 Å². The van der Waals surface area contributed by atoms with Crippen molar-refractivity contribution >= 4 is 5.91 Å². The second-order valence-electron chi connectivity index (χ2n) is 23.2. The molecule has 1 fully saturated rings. The third kappa shape index (κ3) is 50.5. The Morgan fingerprint density at radius 2 is 0.738 bits per heavy atom. The molecule has 9 heteroatoms. The molecule has 480 valence electrons. The highest BCUT2D eigenvalue weighted by atomic mass is 16.7.